The Labute approximate surface area is 112 Å². The van der Waals surface area contributed by atoms with Crippen LogP contribution in [0.1, 0.15) is 22.4 Å². The van der Waals surface area contributed by atoms with E-state index in [0.29, 0.717) is 19.6 Å². The van der Waals surface area contributed by atoms with Gasteiger partial charge in [0.1, 0.15) is 0 Å². The van der Waals surface area contributed by atoms with Gasteiger partial charge in [0.15, 0.2) is 0 Å². The van der Waals surface area contributed by atoms with Crippen molar-refractivity contribution in [2.75, 3.05) is 0 Å². The fourth-order valence-electron chi connectivity index (χ4n) is 2.52. The van der Waals surface area contributed by atoms with Gasteiger partial charge in [0.25, 0.3) is 0 Å². The van der Waals surface area contributed by atoms with E-state index in [2.05, 4.69) is 6.07 Å². The molecule has 1 aliphatic heterocycles. The lowest BCUT2D eigenvalue weighted by Gasteiger charge is -2.12. The first kappa shape index (κ1) is 11.9. The molecule has 0 spiro atoms. The van der Waals surface area contributed by atoms with Crippen LogP contribution in [0, 0.1) is 18.3 Å². The summed E-state index contributed by atoms with van der Waals surface area (Å²) in [5.74, 6) is 0. The topological polar surface area (TPSA) is 45.9 Å². The Kier molecular flexibility index (Phi) is 3.02. The molecule has 3 heteroatoms. The molecular formula is C16H14N2O. The van der Waals surface area contributed by atoms with E-state index in [1.165, 1.54) is 11.1 Å². The number of nitrogens with zero attached hydrogens (tertiary/aromatic N) is 2. The average molecular weight is 250 g/mol. The lowest BCUT2D eigenvalue weighted by atomic mass is 9.97. The van der Waals surface area contributed by atoms with Gasteiger partial charge in [-0.05, 0) is 18.1 Å². The molecule has 1 aromatic carbocycles. The van der Waals surface area contributed by atoms with Crippen LogP contribution in [0.3, 0.4) is 0 Å². The standard InChI is InChI=1S/C16H14N2O/c1-11-13-9-19-10-14(13)16(18-15(11)7-8-17)12-5-3-2-4-6-12/h2-6H,7,9-10H2,1H3. The number of rotatable bonds is 2. The molecule has 0 saturated carbocycles. The third-order valence-electron chi connectivity index (χ3n) is 3.57. The second-order valence-corrected chi connectivity index (χ2v) is 4.68. The average Bonchev–Trinajstić information content (AvgIpc) is 2.93. The molecule has 0 aliphatic carbocycles. The first-order valence-electron chi connectivity index (χ1n) is 6.32. The molecule has 2 aromatic rings. The molecular weight excluding hydrogens is 236 g/mol. The highest BCUT2D eigenvalue weighted by Crippen LogP contribution is 2.33. The predicted molar refractivity (Wildman–Crippen MR) is 72.2 cm³/mol. The van der Waals surface area contributed by atoms with Crippen LogP contribution in [0.25, 0.3) is 11.3 Å². The quantitative estimate of drug-likeness (QED) is 0.822. The van der Waals surface area contributed by atoms with Crippen LogP contribution in [-0.2, 0) is 24.4 Å². The van der Waals surface area contributed by atoms with Crippen molar-refractivity contribution in [1.29, 1.82) is 5.26 Å². The van der Waals surface area contributed by atoms with Gasteiger partial charge in [-0.1, -0.05) is 30.3 Å². The van der Waals surface area contributed by atoms with Crippen molar-refractivity contribution in [3.8, 4) is 17.3 Å². The number of ether oxygens (including phenoxy) is 1. The summed E-state index contributed by atoms with van der Waals surface area (Å²) in [5.41, 5.74) is 6.40. The van der Waals surface area contributed by atoms with E-state index >= 15 is 0 Å². The Morgan fingerprint density at radius 1 is 1.21 bits per heavy atom. The number of hydrogen-bond acceptors (Lipinski definition) is 3. The summed E-state index contributed by atoms with van der Waals surface area (Å²) >= 11 is 0. The van der Waals surface area contributed by atoms with Crippen LogP contribution < -0.4 is 0 Å². The Hall–Kier alpha value is -2.18. The number of fused-ring (bicyclic) bond motifs is 1. The number of nitriles is 1. The SMILES string of the molecule is Cc1c(CC#N)nc(-c2ccccc2)c2c1COC2. The molecule has 3 rings (SSSR count). The van der Waals surface area contributed by atoms with E-state index in [0.717, 1.165) is 22.5 Å². The van der Waals surface area contributed by atoms with E-state index in [-0.39, 0.29) is 0 Å². The Balaban J connectivity index is 2.23. The van der Waals surface area contributed by atoms with E-state index in [1.807, 2.05) is 37.3 Å². The minimum absolute atomic E-state index is 0.346. The second kappa shape index (κ2) is 4.83. The molecule has 94 valence electrons. The predicted octanol–water partition coefficient (Wildman–Crippen LogP) is 3.15. The van der Waals surface area contributed by atoms with Crippen LogP contribution in [0.2, 0.25) is 0 Å². The van der Waals surface area contributed by atoms with E-state index < -0.39 is 0 Å². The molecule has 2 heterocycles. The summed E-state index contributed by atoms with van der Waals surface area (Å²) in [6, 6.07) is 12.3. The maximum absolute atomic E-state index is 8.93. The number of aromatic nitrogens is 1. The summed E-state index contributed by atoms with van der Waals surface area (Å²) in [4.78, 5) is 4.70. The largest absolute Gasteiger partial charge is 0.372 e. The van der Waals surface area contributed by atoms with Gasteiger partial charge < -0.3 is 4.74 Å². The number of benzene rings is 1. The van der Waals surface area contributed by atoms with Gasteiger partial charge in [-0.3, -0.25) is 4.98 Å². The fraction of sp³-hybridized carbons (Fsp3) is 0.250. The molecule has 0 saturated heterocycles. The number of hydrogen-bond donors (Lipinski definition) is 0. The van der Waals surface area contributed by atoms with Crippen molar-refractivity contribution >= 4 is 0 Å². The van der Waals surface area contributed by atoms with Gasteiger partial charge in [0.2, 0.25) is 0 Å². The van der Waals surface area contributed by atoms with Crippen molar-refractivity contribution in [2.45, 2.75) is 26.6 Å². The molecule has 0 amide bonds. The fourth-order valence-corrected chi connectivity index (χ4v) is 2.52. The van der Waals surface area contributed by atoms with Crippen molar-refractivity contribution in [2.24, 2.45) is 0 Å². The van der Waals surface area contributed by atoms with Gasteiger partial charge in [-0.15, -0.1) is 0 Å². The van der Waals surface area contributed by atoms with Crippen molar-refractivity contribution < 1.29 is 4.74 Å². The van der Waals surface area contributed by atoms with Crippen LogP contribution in [-0.4, -0.2) is 4.98 Å². The Morgan fingerprint density at radius 3 is 2.68 bits per heavy atom. The summed E-state index contributed by atoms with van der Waals surface area (Å²) < 4.78 is 5.57. The zero-order valence-corrected chi connectivity index (χ0v) is 10.8. The van der Waals surface area contributed by atoms with Crippen molar-refractivity contribution in [3.05, 3.63) is 52.7 Å². The Morgan fingerprint density at radius 2 is 1.95 bits per heavy atom. The number of pyridine rings is 1. The highest BCUT2D eigenvalue weighted by molar-refractivity contribution is 5.66. The molecule has 0 radical (unpaired) electrons. The molecule has 0 unspecified atom stereocenters. The molecule has 1 aliphatic rings. The minimum Gasteiger partial charge on any atom is -0.372 e. The molecule has 0 N–H and O–H groups in total. The zero-order chi connectivity index (χ0) is 13.2. The monoisotopic (exact) mass is 250 g/mol. The summed E-state index contributed by atoms with van der Waals surface area (Å²) in [7, 11) is 0. The maximum Gasteiger partial charge on any atom is 0.0777 e. The van der Waals surface area contributed by atoms with Crippen LogP contribution in [0.4, 0.5) is 0 Å². The third-order valence-corrected chi connectivity index (χ3v) is 3.57. The Bertz CT molecular complexity index is 657. The van der Waals surface area contributed by atoms with Gasteiger partial charge in [0, 0.05) is 11.1 Å². The minimum atomic E-state index is 0.346. The highest BCUT2D eigenvalue weighted by Gasteiger charge is 2.22. The van der Waals surface area contributed by atoms with Crippen LogP contribution >= 0.6 is 0 Å². The smallest absolute Gasteiger partial charge is 0.0777 e. The highest BCUT2D eigenvalue weighted by atomic mass is 16.5. The molecule has 1 aromatic heterocycles. The third kappa shape index (κ3) is 2.00. The van der Waals surface area contributed by atoms with E-state index in [4.69, 9.17) is 15.0 Å². The second-order valence-electron chi connectivity index (χ2n) is 4.68. The lowest BCUT2D eigenvalue weighted by Crippen LogP contribution is -2.03. The normalized spacial score (nSPS) is 13.1. The van der Waals surface area contributed by atoms with Gasteiger partial charge in [0.05, 0.1) is 37.1 Å². The van der Waals surface area contributed by atoms with E-state index in [9.17, 15) is 0 Å². The molecule has 3 nitrogen and oxygen atoms in total. The first-order chi connectivity index (χ1) is 9.31. The van der Waals surface area contributed by atoms with Gasteiger partial charge in [-0.2, -0.15) is 5.26 Å². The molecule has 0 atom stereocenters. The van der Waals surface area contributed by atoms with Gasteiger partial charge in [-0.25, -0.2) is 0 Å². The van der Waals surface area contributed by atoms with Crippen molar-refractivity contribution in [1.82, 2.24) is 4.98 Å². The zero-order valence-electron chi connectivity index (χ0n) is 10.8. The summed E-state index contributed by atoms with van der Waals surface area (Å²) in [5, 5.41) is 8.93. The summed E-state index contributed by atoms with van der Waals surface area (Å²) in [6.45, 7) is 3.27. The van der Waals surface area contributed by atoms with Crippen LogP contribution in [0.15, 0.2) is 30.3 Å². The van der Waals surface area contributed by atoms with Gasteiger partial charge >= 0.3 is 0 Å². The lowest BCUT2D eigenvalue weighted by molar-refractivity contribution is 0.134. The van der Waals surface area contributed by atoms with Crippen molar-refractivity contribution in [3.63, 3.8) is 0 Å². The molecule has 0 bridgehead atoms. The van der Waals surface area contributed by atoms with Crippen LogP contribution in [0.5, 0.6) is 0 Å². The maximum atomic E-state index is 8.93. The molecule has 19 heavy (non-hydrogen) atoms. The molecule has 0 fully saturated rings. The summed E-state index contributed by atoms with van der Waals surface area (Å²) in [6.07, 6.45) is 0.346. The first-order valence-corrected chi connectivity index (χ1v) is 6.32. The van der Waals surface area contributed by atoms with E-state index in [1.54, 1.807) is 0 Å².